The third kappa shape index (κ3) is 5.38. The highest BCUT2D eigenvalue weighted by atomic mass is 16.6. The van der Waals surface area contributed by atoms with Gasteiger partial charge in [0.2, 0.25) is 17.8 Å². The van der Waals surface area contributed by atoms with Gasteiger partial charge in [0.05, 0.1) is 11.3 Å². The van der Waals surface area contributed by atoms with Gasteiger partial charge in [-0.25, -0.2) is 4.99 Å². The van der Waals surface area contributed by atoms with Crippen molar-refractivity contribution in [1.82, 2.24) is 5.32 Å². The summed E-state index contributed by atoms with van der Waals surface area (Å²) in [7, 11) is 0. The van der Waals surface area contributed by atoms with E-state index >= 15 is 0 Å². The van der Waals surface area contributed by atoms with Crippen LogP contribution in [-0.2, 0) is 9.59 Å². The summed E-state index contributed by atoms with van der Waals surface area (Å²) >= 11 is 0. The number of nitrogens with one attached hydrogen (secondary N) is 3. The topological polar surface area (TPSA) is 164 Å². The van der Waals surface area contributed by atoms with E-state index in [1.165, 1.54) is 24.3 Å². The molecule has 154 valence electrons. The van der Waals surface area contributed by atoms with Crippen LogP contribution >= 0.6 is 0 Å². The maximum atomic E-state index is 12.2. The number of carbonyl (C=O) groups is 2. The van der Waals surface area contributed by atoms with E-state index in [1.807, 2.05) is 31.2 Å². The number of aryl methyl sites for hydroxylation is 1. The predicted molar refractivity (Wildman–Crippen MR) is 112 cm³/mol. The van der Waals surface area contributed by atoms with Crippen LogP contribution in [0.25, 0.3) is 0 Å². The van der Waals surface area contributed by atoms with Gasteiger partial charge in [0, 0.05) is 23.5 Å². The number of anilines is 2. The molecule has 0 bridgehead atoms. The first-order valence-electron chi connectivity index (χ1n) is 8.91. The monoisotopic (exact) mass is 409 g/mol. The van der Waals surface area contributed by atoms with E-state index in [1.54, 1.807) is 0 Å². The fourth-order valence-electron chi connectivity index (χ4n) is 2.64. The summed E-state index contributed by atoms with van der Waals surface area (Å²) in [5.74, 6) is -0.994. The molecule has 3 rings (SSSR count). The smallest absolute Gasteiger partial charge is 0.271 e. The second-order valence-corrected chi connectivity index (χ2v) is 6.51. The average Bonchev–Trinajstić information content (AvgIpc) is 3.02. The summed E-state index contributed by atoms with van der Waals surface area (Å²) < 4.78 is 0. The molecule has 1 heterocycles. The summed E-state index contributed by atoms with van der Waals surface area (Å²) in [5.41, 5.74) is 7.74. The summed E-state index contributed by atoms with van der Waals surface area (Å²) in [5, 5.41) is 18.7. The molecule has 2 aromatic carbocycles. The minimum Gasteiger partial charge on any atom is -0.369 e. The molecular formula is C19H19N7O4. The van der Waals surface area contributed by atoms with Crippen molar-refractivity contribution >= 4 is 40.8 Å². The van der Waals surface area contributed by atoms with Gasteiger partial charge < -0.3 is 16.4 Å². The molecule has 0 fully saturated rings. The van der Waals surface area contributed by atoms with E-state index in [4.69, 9.17) is 5.73 Å². The van der Waals surface area contributed by atoms with Crippen molar-refractivity contribution in [2.45, 2.75) is 19.4 Å². The molecule has 0 radical (unpaired) electrons. The molecule has 11 nitrogen and oxygen atoms in total. The van der Waals surface area contributed by atoms with E-state index in [9.17, 15) is 19.7 Å². The first kappa shape index (κ1) is 20.5. The number of nitrogens with two attached hydrogens (primary N) is 1. The van der Waals surface area contributed by atoms with Gasteiger partial charge in [-0.2, -0.15) is 4.99 Å². The number of nitro benzene ring substituents is 1. The largest absolute Gasteiger partial charge is 0.369 e. The summed E-state index contributed by atoms with van der Waals surface area (Å²) in [6.07, 6.45) is -0.251. The number of aliphatic imine (C=N–C) groups is 2. The lowest BCUT2D eigenvalue weighted by Gasteiger charge is -2.06. The Morgan fingerprint density at radius 3 is 2.67 bits per heavy atom. The summed E-state index contributed by atoms with van der Waals surface area (Å²) in [6, 6.07) is 12.0. The lowest BCUT2D eigenvalue weighted by atomic mass is 10.2. The molecule has 2 amide bonds. The average molecular weight is 409 g/mol. The highest BCUT2D eigenvalue weighted by Gasteiger charge is 2.28. The van der Waals surface area contributed by atoms with Crippen LogP contribution in [0.1, 0.15) is 12.0 Å². The number of hydrogen-bond donors (Lipinski definition) is 4. The van der Waals surface area contributed by atoms with Crippen LogP contribution < -0.4 is 21.7 Å². The summed E-state index contributed by atoms with van der Waals surface area (Å²) in [4.78, 5) is 42.6. The molecule has 1 atom stereocenters. The Balaban J connectivity index is 1.60. The number of nitro groups is 1. The number of amides is 2. The molecule has 5 N–H and O–H groups in total. The maximum Gasteiger partial charge on any atom is 0.271 e. The van der Waals surface area contributed by atoms with Crippen LogP contribution in [0.4, 0.5) is 17.1 Å². The van der Waals surface area contributed by atoms with E-state index in [0.717, 1.165) is 11.3 Å². The van der Waals surface area contributed by atoms with Gasteiger partial charge in [0.25, 0.3) is 11.6 Å². The van der Waals surface area contributed by atoms with Gasteiger partial charge in [-0.1, -0.05) is 23.8 Å². The molecular weight excluding hydrogens is 390 g/mol. The predicted octanol–water partition coefficient (Wildman–Crippen LogP) is 1.51. The van der Waals surface area contributed by atoms with E-state index < -0.39 is 22.8 Å². The van der Waals surface area contributed by atoms with Crippen LogP contribution in [0.5, 0.6) is 0 Å². The number of non-ortho nitro benzene ring substituents is 1. The Morgan fingerprint density at radius 1 is 1.23 bits per heavy atom. The lowest BCUT2D eigenvalue weighted by molar-refractivity contribution is -0.384. The highest BCUT2D eigenvalue weighted by Crippen LogP contribution is 2.18. The van der Waals surface area contributed by atoms with Crippen molar-refractivity contribution in [3.63, 3.8) is 0 Å². The van der Waals surface area contributed by atoms with Crippen molar-refractivity contribution in [3.05, 3.63) is 64.2 Å². The third-order valence-electron chi connectivity index (χ3n) is 4.09. The number of guanidine groups is 2. The van der Waals surface area contributed by atoms with E-state index in [2.05, 4.69) is 25.9 Å². The number of nitrogens with zero attached hydrogens (tertiary/aromatic N) is 3. The zero-order valence-corrected chi connectivity index (χ0v) is 16.0. The maximum absolute atomic E-state index is 12.2. The first-order valence-corrected chi connectivity index (χ1v) is 8.91. The molecule has 1 aliphatic rings. The normalized spacial score (nSPS) is 15.9. The zero-order chi connectivity index (χ0) is 21.7. The highest BCUT2D eigenvalue weighted by molar-refractivity contribution is 6.11. The van der Waals surface area contributed by atoms with Gasteiger partial charge >= 0.3 is 0 Å². The minimum absolute atomic E-state index is 0.00902. The van der Waals surface area contributed by atoms with Crippen LogP contribution in [0.3, 0.4) is 0 Å². The Bertz CT molecular complexity index is 1050. The molecule has 0 aliphatic carbocycles. The van der Waals surface area contributed by atoms with Gasteiger partial charge in [-0.05, 0) is 25.1 Å². The number of benzene rings is 2. The second-order valence-electron chi connectivity index (χ2n) is 6.51. The van der Waals surface area contributed by atoms with Crippen molar-refractivity contribution < 1.29 is 14.5 Å². The Labute approximate surface area is 171 Å². The summed E-state index contributed by atoms with van der Waals surface area (Å²) in [6.45, 7) is 1.96. The molecule has 0 saturated carbocycles. The quantitative estimate of drug-likeness (QED) is 0.253. The van der Waals surface area contributed by atoms with Crippen molar-refractivity contribution in [2.24, 2.45) is 15.7 Å². The standard InChI is InChI=1S/C19H19N7O4/c1-11-5-7-12(8-6-11)22-18(20)25-19-23-15(17(28)24-19)10-16(27)21-13-3-2-4-14(9-13)26(29)30/h2-9,15H,10H2,1H3,(H,21,27)(H4,20,22,23,24,25,28)/t15-/m0/s1. The minimum atomic E-state index is -0.977. The molecule has 0 spiro atoms. The second kappa shape index (κ2) is 8.82. The van der Waals surface area contributed by atoms with Crippen LogP contribution in [0.15, 0.2) is 58.5 Å². The van der Waals surface area contributed by atoms with Gasteiger partial charge in [0.1, 0.15) is 6.04 Å². The third-order valence-corrected chi connectivity index (χ3v) is 4.09. The SMILES string of the molecule is Cc1ccc(NC(N)=NC2=N[C@@H](CC(=O)Nc3cccc([N+](=O)[O-])c3)C(=O)N2)cc1. The van der Waals surface area contributed by atoms with Crippen molar-refractivity contribution in [2.75, 3.05) is 10.6 Å². The fourth-order valence-corrected chi connectivity index (χ4v) is 2.64. The molecule has 30 heavy (non-hydrogen) atoms. The molecule has 0 saturated heterocycles. The Hall–Kier alpha value is -4.28. The molecule has 0 unspecified atom stereocenters. The van der Waals surface area contributed by atoms with Crippen LogP contribution in [0.2, 0.25) is 0 Å². The molecule has 11 heteroatoms. The van der Waals surface area contributed by atoms with Gasteiger partial charge in [0.15, 0.2) is 0 Å². The number of rotatable bonds is 5. The molecule has 1 aliphatic heterocycles. The first-order chi connectivity index (χ1) is 14.3. The number of carbonyl (C=O) groups excluding carboxylic acids is 2. The zero-order valence-electron chi connectivity index (χ0n) is 16.0. The van der Waals surface area contributed by atoms with Crippen LogP contribution in [0, 0.1) is 17.0 Å². The Morgan fingerprint density at radius 2 is 1.97 bits per heavy atom. The molecule has 0 aromatic heterocycles. The van der Waals surface area contributed by atoms with Gasteiger partial charge in [-0.3, -0.25) is 25.0 Å². The van der Waals surface area contributed by atoms with Crippen molar-refractivity contribution in [1.29, 1.82) is 0 Å². The van der Waals surface area contributed by atoms with E-state index in [-0.39, 0.29) is 29.7 Å². The van der Waals surface area contributed by atoms with Gasteiger partial charge in [-0.15, -0.1) is 0 Å². The number of hydrogen-bond acceptors (Lipinski definition) is 6. The Kier molecular flexibility index (Phi) is 6.01. The van der Waals surface area contributed by atoms with E-state index in [0.29, 0.717) is 0 Å². The fraction of sp³-hybridized carbons (Fsp3) is 0.158. The molecule has 2 aromatic rings. The lowest BCUT2D eigenvalue weighted by Crippen LogP contribution is -2.32. The van der Waals surface area contributed by atoms with Crippen molar-refractivity contribution in [3.8, 4) is 0 Å². The van der Waals surface area contributed by atoms with Crippen LogP contribution in [-0.4, -0.2) is 34.7 Å².